The number of benzene rings is 1. The van der Waals surface area contributed by atoms with Gasteiger partial charge in [0.2, 0.25) is 5.91 Å². The molecular formula is C18H25ClN4O. The van der Waals surface area contributed by atoms with Gasteiger partial charge in [0.15, 0.2) is 0 Å². The molecule has 1 aromatic carbocycles. The van der Waals surface area contributed by atoms with E-state index in [4.69, 9.17) is 0 Å². The molecule has 130 valence electrons. The van der Waals surface area contributed by atoms with Gasteiger partial charge >= 0.3 is 0 Å². The Morgan fingerprint density at radius 1 is 1.29 bits per heavy atom. The van der Waals surface area contributed by atoms with Crippen LogP contribution < -0.4 is 10.6 Å². The number of piperidine rings is 1. The molecule has 24 heavy (non-hydrogen) atoms. The van der Waals surface area contributed by atoms with Gasteiger partial charge in [-0.2, -0.15) is 5.10 Å². The van der Waals surface area contributed by atoms with E-state index in [1.165, 1.54) is 5.56 Å². The Morgan fingerprint density at radius 2 is 2.00 bits per heavy atom. The van der Waals surface area contributed by atoms with Crippen LogP contribution in [0.25, 0.3) is 0 Å². The molecule has 6 heteroatoms. The van der Waals surface area contributed by atoms with Gasteiger partial charge in [0, 0.05) is 12.5 Å². The molecule has 2 heterocycles. The molecule has 1 saturated heterocycles. The van der Waals surface area contributed by atoms with Gasteiger partial charge in [-0.25, -0.2) is 4.68 Å². The average Bonchev–Trinajstić information content (AvgIpc) is 3.03. The molecule has 5 nitrogen and oxygen atoms in total. The van der Waals surface area contributed by atoms with Gasteiger partial charge in [-0.05, 0) is 44.3 Å². The third kappa shape index (κ3) is 4.58. The van der Waals surface area contributed by atoms with Gasteiger partial charge in [0.25, 0.3) is 0 Å². The van der Waals surface area contributed by atoms with Crippen LogP contribution in [-0.2, 0) is 4.79 Å². The normalized spacial score (nSPS) is 16.2. The smallest absolute Gasteiger partial charge is 0.225 e. The summed E-state index contributed by atoms with van der Waals surface area (Å²) in [6.45, 7) is 4.12. The van der Waals surface area contributed by atoms with Crippen molar-refractivity contribution in [3.05, 3.63) is 48.2 Å². The van der Waals surface area contributed by atoms with E-state index in [0.29, 0.717) is 12.3 Å². The number of nitrogens with one attached hydrogen (secondary N) is 2. The summed E-state index contributed by atoms with van der Waals surface area (Å²) in [5, 5.41) is 10.7. The van der Waals surface area contributed by atoms with Gasteiger partial charge in [-0.1, -0.05) is 30.3 Å². The molecule has 2 N–H and O–H groups in total. The molecule has 1 aliphatic rings. The Bertz CT molecular complexity index is 637. The Labute approximate surface area is 149 Å². The molecule has 2 aromatic rings. The van der Waals surface area contributed by atoms with Gasteiger partial charge in [-0.15, -0.1) is 12.4 Å². The van der Waals surface area contributed by atoms with E-state index in [-0.39, 0.29) is 24.4 Å². The first-order valence-corrected chi connectivity index (χ1v) is 8.33. The van der Waals surface area contributed by atoms with E-state index < -0.39 is 0 Å². The summed E-state index contributed by atoms with van der Waals surface area (Å²) in [6, 6.07) is 12.1. The summed E-state index contributed by atoms with van der Waals surface area (Å²) in [7, 11) is 0. The zero-order valence-corrected chi connectivity index (χ0v) is 14.8. The number of halogens is 1. The van der Waals surface area contributed by atoms with Crippen molar-refractivity contribution < 1.29 is 4.79 Å². The topological polar surface area (TPSA) is 59.0 Å². The first-order valence-electron chi connectivity index (χ1n) is 8.33. The second-order valence-electron chi connectivity index (χ2n) is 6.19. The fourth-order valence-electron chi connectivity index (χ4n) is 3.14. The zero-order valence-electron chi connectivity index (χ0n) is 13.9. The predicted octanol–water partition coefficient (Wildman–Crippen LogP) is 3.24. The van der Waals surface area contributed by atoms with Crippen molar-refractivity contribution >= 4 is 24.1 Å². The second-order valence-corrected chi connectivity index (χ2v) is 6.19. The van der Waals surface area contributed by atoms with Gasteiger partial charge in [-0.3, -0.25) is 4.79 Å². The average molecular weight is 349 g/mol. The van der Waals surface area contributed by atoms with Crippen molar-refractivity contribution in [2.75, 3.05) is 18.4 Å². The van der Waals surface area contributed by atoms with Crippen LogP contribution in [0.5, 0.6) is 0 Å². The lowest BCUT2D eigenvalue weighted by Crippen LogP contribution is -2.30. The quantitative estimate of drug-likeness (QED) is 0.872. The number of hydrogen-bond donors (Lipinski definition) is 2. The molecule has 1 atom stereocenters. The van der Waals surface area contributed by atoms with E-state index in [0.717, 1.165) is 31.7 Å². The third-order valence-electron chi connectivity index (χ3n) is 4.52. The fourth-order valence-corrected chi connectivity index (χ4v) is 3.14. The Balaban J connectivity index is 0.00000208. The molecule has 0 bridgehead atoms. The number of rotatable bonds is 5. The zero-order chi connectivity index (χ0) is 16.1. The van der Waals surface area contributed by atoms with Crippen LogP contribution in [0.4, 0.5) is 5.82 Å². The van der Waals surface area contributed by atoms with E-state index in [9.17, 15) is 4.79 Å². The van der Waals surface area contributed by atoms with E-state index in [1.807, 2.05) is 28.9 Å². The Morgan fingerprint density at radius 3 is 2.71 bits per heavy atom. The minimum absolute atomic E-state index is 0. The molecule has 3 rings (SSSR count). The molecule has 1 fully saturated rings. The highest BCUT2D eigenvalue weighted by Crippen LogP contribution is 2.22. The number of carbonyl (C=O) groups excluding carboxylic acids is 1. The number of amides is 1. The van der Waals surface area contributed by atoms with Crippen LogP contribution in [0.2, 0.25) is 0 Å². The lowest BCUT2D eigenvalue weighted by atomic mass is 9.94. The van der Waals surface area contributed by atoms with Crippen molar-refractivity contribution in [2.45, 2.75) is 32.2 Å². The van der Waals surface area contributed by atoms with Crippen LogP contribution in [0.3, 0.4) is 0 Å². The molecule has 0 saturated carbocycles. The maximum Gasteiger partial charge on any atom is 0.225 e. The molecule has 1 aliphatic heterocycles. The van der Waals surface area contributed by atoms with Gasteiger partial charge in [0.1, 0.15) is 5.82 Å². The molecular weight excluding hydrogens is 324 g/mol. The second kappa shape index (κ2) is 8.85. The van der Waals surface area contributed by atoms with Crippen molar-refractivity contribution in [2.24, 2.45) is 5.92 Å². The van der Waals surface area contributed by atoms with Crippen molar-refractivity contribution in [1.82, 2.24) is 15.1 Å². The fraction of sp³-hybridized carbons (Fsp3) is 0.444. The largest absolute Gasteiger partial charge is 0.317 e. The van der Waals surface area contributed by atoms with Crippen LogP contribution >= 0.6 is 12.4 Å². The third-order valence-corrected chi connectivity index (χ3v) is 4.52. The highest BCUT2D eigenvalue weighted by Gasteiger charge is 2.19. The van der Waals surface area contributed by atoms with E-state index in [1.54, 1.807) is 6.20 Å². The van der Waals surface area contributed by atoms with Crippen molar-refractivity contribution in [3.63, 3.8) is 0 Å². The number of carbonyl (C=O) groups is 1. The van der Waals surface area contributed by atoms with Gasteiger partial charge in [0.05, 0.1) is 12.2 Å². The first-order chi connectivity index (χ1) is 11.2. The minimum atomic E-state index is 0. The maximum atomic E-state index is 12.3. The van der Waals surface area contributed by atoms with Crippen molar-refractivity contribution in [1.29, 1.82) is 0 Å². The standard InChI is InChI=1S/C18H24N4O.ClH/c1-14(16-5-3-2-4-6-16)22-17(9-12-20-22)21-18(23)13-15-7-10-19-11-8-15;/h2-6,9,12,14-15,19H,7-8,10-11,13H2,1H3,(H,21,23);1H. The van der Waals surface area contributed by atoms with Crippen LogP contribution in [0.15, 0.2) is 42.6 Å². The lowest BCUT2D eigenvalue weighted by Gasteiger charge is -2.22. The van der Waals surface area contributed by atoms with Gasteiger partial charge < -0.3 is 10.6 Å². The molecule has 1 aromatic heterocycles. The van der Waals surface area contributed by atoms with E-state index in [2.05, 4.69) is 34.8 Å². The summed E-state index contributed by atoms with van der Waals surface area (Å²) in [4.78, 5) is 12.3. The molecule has 1 unspecified atom stereocenters. The number of anilines is 1. The summed E-state index contributed by atoms with van der Waals surface area (Å²) in [5.74, 6) is 1.33. The molecule has 1 amide bonds. The molecule has 0 radical (unpaired) electrons. The molecule has 0 aliphatic carbocycles. The maximum absolute atomic E-state index is 12.3. The lowest BCUT2D eigenvalue weighted by molar-refractivity contribution is -0.117. The molecule has 0 spiro atoms. The summed E-state index contributed by atoms with van der Waals surface area (Å²) in [5.41, 5.74) is 1.17. The van der Waals surface area contributed by atoms with Crippen molar-refractivity contribution in [3.8, 4) is 0 Å². The van der Waals surface area contributed by atoms with Crippen LogP contribution in [0.1, 0.15) is 37.8 Å². The highest BCUT2D eigenvalue weighted by atomic mass is 35.5. The Hall–Kier alpha value is -1.85. The number of aromatic nitrogens is 2. The predicted molar refractivity (Wildman–Crippen MR) is 98.6 cm³/mol. The summed E-state index contributed by atoms with van der Waals surface area (Å²) < 4.78 is 1.87. The highest BCUT2D eigenvalue weighted by molar-refractivity contribution is 5.90. The van der Waals surface area contributed by atoms with E-state index >= 15 is 0 Å². The first kappa shape index (κ1) is 18.5. The Kier molecular flexibility index (Phi) is 6.82. The summed E-state index contributed by atoms with van der Waals surface area (Å²) >= 11 is 0. The minimum Gasteiger partial charge on any atom is -0.317 e. The van der Waals surface area contributed by atoms with Crippen LogP contribution in [-0.4, -0.2) is 28.8 Å². The van der Waals surface area contributed by atoms with Crippen LogP contribution in [0, 0.1) is 5.92 Å². The monoisotopic (exact) mass is 348 g/mol. The number of nitrogens with zero attached hydrogens (tertiary/aromatic N) is 2. The number of hydrogen-bond acceptors (Lipinski definition) is 3. The summed E-state index contributed by atoms with van der Waals surface area (Å²) in [6.07, 6.45) is 4.48. The SMILES string of the molecule is CC(c1ccccc1)n1nccc1NC(=O)CC1CCNCC1.Cl.